The molecule has 1 saturated heterocycles. The minimum atomic E-state index is -0.513. The van der Waals surface area contributed by atoms with Gasteiger partial charge in [0.1, 0.15) is 11.0 Å². The Morgan fingerprint density at radius 1 is 1.52 bits per heavy atom. The lowest BCUT2D eigenvalue weighted by molar-refractivity contribution is -0.146. The molecule has 3 rings (SSSR count). The summed E-state index contributed by atoms with van der Waals surface area (Å²) in [5.74, 6) is -0.317. The fraction of sp³-hybridized carbons (Fsp3) is 0.375. The van der Waals surface area contributed by atoms with Crippen LogP contribution in [0.15, 0.2) is 29.6 Å². The first-order valence-corrected chi connectivity index (χ1v) is 8.53. The molecule has 1 aromatic heterocycles. The number of β-amino-alcohol motifs (C(OH)–C–C–N with tert-alkyl or cyclic N) is 1. The summed E-state index contributed by atoms with van der Waals surface area (Å²) in [7, 11) is 1.36. The van der Waals surface area contributed by atoms with Crippen LogP contribution in [0.5, 0.6) is 0 Å². The standard InChI is InChI=1S/C16H17ClN2O3S/c1-22-16(21)14-6-11(20)8-19(14)7-10-9-23-15(18-10)12-4-2-3-5-13(12)17/h2-5,9,11,14,20H,6-8H2,1H3/t11-,14+/m1/s1. The molecule has 5 nitrogen and oxygen atoms in total. The maximum atomic E-state index is 11.8. The van der Waals surface area contributed by atoms with E-state index in [0.717, 1.165) is 16.3 Å². The van der Waals surface area contributed by atoms with Gasteiger partial charge in [-0.05, 0) is 6.07 Å². The molecule has 0 unspecified atom stereocenters. The summed E-state index contributed by atoms with van der Waals surface area (Å²) in [5, 5.41) is 13.3. The molecule has 7 heteroatoms. The lowest BCUT2D eigenvalue weighted by Gasteiger charge is -2.20. The van der Waals surface area contributed by atoms with Gasteiger partial charge in [0.25, 0.3) is 0 Å². The third-order valence-electron chi connectivity index (χ3n) is 3.88. The summed E-state index contributed by atoms with van der Waals surface area (Å²) in [4.78, 5) is 18.3. The van der Waals surface area contributed by atoms with Crippen LogP contribution in [0.2, 0.25) is 5.02 Å². The van der Waals surface area contributed by atoms with Gasteiger partial charge in [0.2, 0.25) is 0 Å². The molecule has 1 aromatic carbocycles. The van der Waals surface area contributed by atoms with E-state index in [2.05, 4.69) is 4.98 Å². The lowest BCUT2D eigenvalue weighted by Crippen LogP contribution is -2.36. The molecule has 2 atom stereocenters. The molecule has 1 fully saturated rings. The van der Waals surface area contributed by atoms with Crippen molar-refractivity contribution >= 4 is 28.9 Å². The Balaban J connectivity index is 1.76. The summed E-state index contributed by atoms with van der Waals surface area (Å²) in [6.45, 7) is 0.941. The van der Waals surface area contributed by atoms with E-state index in [1.165, 1.54) is 18.4 Å². The van der Waals surface area contributed by atoms with Gasteiger partial charge in [0, 0.05) is 30.5 Å². The predicted octanol–water partition coefficient (Wildman–Crippen LogP) is 2.57. The molecule has 0 aliphatic carbocycles. The average Bonchev–Trinajstić information content (AvgIpc) is 3.14. The molecule has 0 spiro atoms. The van der Waals surface area contributed by atoms with Crippen LogP contribution in [-0.4, -0.2) is 46.8 Å². The van der Waals surface area contributed by atoms with Crippen molar-refractivity contribution in [3.05, 3.63) is 40.4 Å². The molecule has 2 aromatic rings. The van der Waals surface area contributed by atoms with Crippen molar-refractivity contribution in [3.8, 4) is 10.6 Å². The van der Waals surface area contributed by atoms with Gasteiger partial charge in [-0.3, -0.25) is 9.69 Å². The fourth-order valence-electron chi connectivity index (χ4n) is 2.78. The number of benzene rings is 1. The summed E-state index contributed by atoms with van der Waals surface area (Å²) in [5.41, 5.74) is 1.75. The Bertz CT molecular complexity index is 706. The quantitative estimate of drug-likeness (QED) is 0.857. The average molecular weight is 353 g/mol. The van der Waals surface area contributed by atoms with Crippen LogP contribution in [0.1, 0.15) is 12.1 Å². The van der Waals surface area contributed by atoms with E-state index in [9.17, 15) is 9.90 Å². The van der Waals surface area contributed by atoms with Crippen molar-refractivity contribution in [1.82, 2.24) is 9.88 Å². The molecule has 0 amide bonds. The maximum Gasteiger partial charge on any atom is 0.323 e. The largest absolute Gasteiger partial charge is 0.468 e. The number of likely N-dealkylation sites (tertiary alicyclic amines) is 1. The number of carbonyl (C=O) groups is 1. The van der Waals surface area contributed by atoms with Gasteiger partial charge in [-0.1, -0.05) is 29.8 Å². The zero-order chi connectivity index (χ0) is 16.4. The van der Waals surface area contributed by atoms with E-state index in [4.69, 9.17) is 16.3 Å². The molecule has 0 bridgehead atoms. The lowest BCUT2D eigenvalue weighted by atomic mass is 10.2. The molecule has 2 heterocycles. The van der Waals surface area contributed by atoms with Gasteiger partial charge in [0.15, 0.2) is 0 Å². The van der Waals surface area contributed by atoms with Gasteiger partial charge in [-0.15, -0.1) is 11.3 Å². The number of halogens is 1. The minimum absolute atomic E-state index is 0.317. The molecule has 1 aliphatic rings. The van der Waals surface area contributed by atoms with Crippen LogP contribution in [-0.2, 0) is 16.1 Å². The number of esters is 1. The van der Waals surface area contributed by atoms with E-state index in [-0.39, 0.29) is 5.97 Å². The van der Waals surface area contributed by atoms with Crippen LogP contribution in [0.3, 0.4) is 0 Å². The zero-order valence-corrected chi connectivity index (χ0v) is 14.2. The van der Waals surface area contributed by atoms with Crippen LogP contribution in [0.25, 0.3) is 10.6 Å². The Kier molecular flexibility index (Phi) is 4.96. The molecule has 122 valence electrons. The number of hydrogen-bond acceptors (Lipinski definition) is 6. The number of ether oxygens (including phenoxy) is 1. The number of aliphatic hydroxyl groups excluding tert-OH is 1. The second-order valence-corrected chi connectivity index (χ2v) is 6.75. The second kappa shape index (κ2) is 6.97. The zero-order valence-electron chi connectivity index (χ0n) is 12.6. The van der Waals surface area contributed by atoms with Gasteiger partial charge in [-0.2, -0.15) is 0 Å². The number of carbonyl (C=O) groups excluding carboxylic acids is 1. The van der Waals surface area contributed by atoms with Crippen LogP contribution >= 0.6 is 22.9 Å². The Labute approximate surface area is 143 Å². The molecular weight excluding hydrogens is 336 g/mol. The smallest absolute Gasteiger partial charge is 0.323 e. The molecular formula is C16H17ClN2O3S. The van der Waals surface area contributed by atoms with Crippen LogP contribution < -0.4 is 0 Å². The van der Waals surface area contributed by atoms with E-state index in [1.54, 1.807) is 0 Å². The topological polar surface area (TPSA) is 62.7 Å². The Morgan fingerprint density at radius 2 is 2.30 bits per heavy atom. The van der Waals surface area contributed by atoms with Gasteiger partial charge < -0.3 is 9.84 Å². The first-order chi connectivity index (χ1) is 11.1. The third kappa shape index (κ3) is 3.55. The number of rotatable bonds is 4. The normalized spacial score (nSPS) is 21.5. The third-order valence-corrected chi connectivity index (χ3v) is 5.13. The second-order valence-electron chi connectivity index (χ2n) is 5.48. The summed E-state index contributed by atoms with van der Waals surface area (Å²) < 4.78 is 4.81. The van der Waals surface area contributed by atoms with Crippen molar-refractivity contribution in [3.63, 3.8) is 0 Å². The van der Waals surface area contributed by atoms with E-state index < -0.39 is 12.1 Å². The molecule has 1 aliphatic heterocycles. The highest BCUT2D eigenvalue weighted by Gasteiger charge is 2.36. The van der Waals surface area contributed by atoms with Gasteiger partial charge >= 0.3 is 5.97 Å². The van der Waals surface area contributed by atoms with Crippen molar-refractivity contribution in [1.29, 1.82) is 0 Å². The molecule has 0 saturated carbocycles. The van der Waals surface area contributed by atoms with E-state index in [1.807, 2.05) is 34.5 Å². The summed E-state index contributed by atoms with van der Waals surface area (Å²) in [6.07, 6.45) is -0.116. The van der Waals surface area contributed by atoms with Crippen molar-refractivity contribution < 1.29 is 14.6 Å². The highest BCUT2D eigenvalue weighted by atomic mass is 35.5. The van der Waals surface area contributed by atoms with E-state index >= 15 is 0 Å². The van der Waals surface area contributed by atoms with Crippen molar-refractivity contribution in [2.45, 2.75) is 25.1 Å². The van der Waals surface area contributed by atoms with E-state index in [0.29, 0.717) is 24.5 Å². The Hall–Kier alpha value is -1.47. The van der Waals surface area contributed by atoms with Crippen molar-refractivity contribution in [2.75, 3.05) is 13.7 Å². The van der Waals surface area contributed by atoms with Crippen LogP contribution in [0.4, 0.5) is 0 Å². The number of aliphatic hydroxyl groups is 1. The first-order valence-electron chi connectivity index (χ1n) is 7.27. The number of aromatic nitrogens is 1. The molecule has 1 N–H and O–H groups in total. The highest BCUT2D eigenvalue weighted by molar-refractivity contribution is 7.13. The van der Waals surface area contributed by atoms with Gasteiger partial charge in [-0.25, -0.2) is 4.98 Å². The van der Waals surface area contributed by atoms with Gasteiger partial charge in [0.05, 0.1) is 23.9 Å². The highest BCUT2D eigenvalue weighted by Crippen LogP contribution is 2.31. The summed E-state index contributed by atoms with van der Waals surface area (Å²) in [6, 6.07) is 7.16. The maximum absolute atomic E-state index is 11.8. The fourth-order valence-corrected chi connectivity index (χ4v) is 3.91. The molecule has 23 heavy (non-hydrogen) atoms. The minimum Gasteiger partial charge on any atom is -0.468 e. The number of hydrogen-bond donors (Lipinski definition) is 1. The Morgan fingerprint density at radius 3 is 3.04 bits per heavy atom. The van der Waals surface area contributed by atoms with Crippen LogP contribution in [0, 0.1) is 0 Å². The summed E-state index contributed by atoms with van der Waals surface area (Å²) >= 11 is 7.72. The monoisotopic (exact) mass is 352 g/mol. The SMILES string of the molecule is COC(=O)[C@@H]1C[C@@H](O)CN1Cc1csc(-c2ccccc2Cl)n1. The molecule has 0 radical (unpaired) electrons. The number of nitrogens with zero attached hydrogens (tertiary/aromatic N) is 2. The first kappa shape index (κ1) is 16.4. The van der Waals surface area contributed by atoms with Crippen molar-refractivity contribution in [2.24, 2.45) is 0 Å². The number of thiazole rings is 1. The number of methoxy groups -OCH3 is 1. The predicted molar refractivity (Wildman–Crippen MR) is 89.4 cm³/mol.